The summed E-state index contributed by atoms with van der Waals surface area (Å²) in [5, 5.41) is 7.12. The van der Waals surface area contributed by atoms with Crippen LogP contribution in [0.15, 0.2) is 0 Å². The first-order valence-electron chi connectivity index (χ1n) is 4.29. The Morgan fingerprint density at radius 1 is 1.31 bits per heavy atom. The van der Waals surface area contributed by atoms with E-state index in [9.17, 15) is 18.0 Å². The second-order valence-corrected chi connectivity index (χ2v) is 2.66. The van der Waals surface area contributed by atoms with Crippen LogP contribution in [0.4, 0.5) is 13.2 Å². The molecule has 0 saturated heterocycles. The molecule has 0 fully saturated rings. The second-order valence-electron chi connectivity index (χ2n) is 2.66. The van der Waals surface area contributed by atoms with E-state index in [0.717, 1.165) is 0 Å². The molecule has 5 nitrogen and oxygen atoms in total. The summed E-state index contributed by atoms with van der Waals surface area (Å²) in [5.41, 5.74) is 5.14. The fourth-order valence-corrected chi connectivity index (χ4v) is 0.401. The van der Waals surface area contributed by atoms with E-state index in [0.29, 0.717) is 26.2 Å². The van der Waals surface area contributed by atoms with Gasteiger partial charge in [0.05, 0.1) is 13.2 Å². The van der Waals surface area contributed by atoms with Crippen LogP contribution in [0.1, 0.15) is 13.3 Å². The monoisotopic (exact) mass is 245 g/mol. The SMILES string of the molecule is CC(=O)CCOCCN.O=C(O)C(F)(F)F. The number of hydrogen-bond acceptors (Lipinski definition) is 4. The Balaban J connectivity index is 0. The van der Waals surface area contributed by atoms with E-state index in [4.69, 9.17) is 20.4 Å². The number of hydrogen-bond donors (Lipinski definition) is 2. The summed E-state index contributed by atoms with van der Waals surface area (Å²) in [7, 11) is 0. The molecule has 0 atom stereocenters. The van der Waals surface area contributed by atoms with Crippen LogP contribution >= 0.6 is 0 Å². The van der Waals surface area contributed by atoms with E-state index >= 15 is 0 Å². The average Bonchev–Trinajstić information content (AvgIpc) is 2.11. The quantitative estimate of drug-likeness (QED) is 0.691. The topological polar surface area (TPSA) is 89.6 Å². The number of carboxylic acid groups (broad SMARTS) is 1. The zero-order valence-corrected chi connectivity index (χ0v) is 8.71. The number of nitrogens with two attached hydrogens (primary N) is 1. The Hall–Kier alpha value is -1.15. The zero-order valence-electron chi connectivity index (χ0n) is 8.71. The molecule has 0 spiro atoms. The van der Waals surface area contributed by atoms with Crippen molar-refractivity contribution in [3.63, 3.8) is 0 Å². The van der Waals surface area contributed by atoms with E-state index in [1.54, 1.807) is 6.92 Å². The van der Waals surface area contributed by atoms with Gasteiger partial charge in [-0.3, -0.25) is 4.79 Å². The van der Waals surface area contributed by atoms with Crippen LogP contribution in [0.3, 0.4) is 0 Å². The minimum Gasteiger partial charge on any atom is -0.475 e. The molecule has 3 N–H and O–H groups in total. The molecule has 0 heterocycles. The summed E-state index contributed by atoms with van der Waals surface area (Å²) in [4.78, 5) is 19.2. The van der Waals surface area contributed by atoms with Crippen molar-refractivity contribution < 1.29 is 32.6 Å². The van der Waals surface area contributed by atoms with Gasteiger partial charge in [0.15, 0.2) is 0 Å². The van der Waals surface area contributed by atoms with E-state index in [-0.39, 0.29) is 5.78 Å². The summed E-state index contributed by atoms with van der Waals surface area (Å²) < 4.78 is 36.7. The normalized spacial score (nSPS) is 10.3. The highest BCUT2D eigenvalue weighted by Gasteiger charge is 2.38. The number of Topliss-reactive ketones (excluding diaryl/α,β-unsaturated/α-hetero) is 1. The van der Waals surface area contributed by atoms with Crippen molar-refractivity contribution in [1.82, 2.24) is 0 Å². The molecule has 0 aliphatic heterocycles. The number of rotatable bonds is 5. The third-order valence-electron chi connectivity index (χ3n) is 1.10. The highest BCUT2D eigenvalue weighted by molar-refractivity contribution is 5.75. The van der Waals surface area contributed by atoms with E-state index in [1.807, 2.05) is 0 Å². The third kappa shape index (κ3) is 15.3. The van der Waals surface area contributed by atoms with Gasteiger partial charge in [-0.05, 0) is 6.92 Å². The minimum absolute atomic E-state index is 0.159. The van der Waals surface area contributed by atoms with Gasteiger partial charge in [-0.2, -0.15) is 13.2 Å². The van der Waals surface area contributed by atoms with Crippen molar-refractivity contribution in [3.8, 4) is 0 Å². The van der Waals surface area contributed by atoms with Gasteiger partial charge in [0, 0.05) is 13.0 Å². The van der Waals surface area contributed by atoms with Gasteiger partial charge < -0.3 is 15.6 Å². The zero-order chi connectivity index (χ0) is 13.2. The van der Waals surface area contributed by atoms with Crippen LogP contribution in [0.5, 0.6) is 0 Å². The summed E-state index contributed by atoms with van der Waals surface area (Å²) in [6, 6.07) is 0. The number of aliphatic carboxylic acids is 1. The number of ether oxygens (including phenoxy) is 1. The maximum Gasteiger partial charge on any atom is 0.490 e. The number of ketones is 1. The van der Waals surface area contributed by atoms with Crippen LogP contribution in [0.2, 0.25) is 0 Å². The number of carboxylic acids is 1. The van der Waals surface area contributed by atoms with Crippen molar-refractivity contribution in [2.75, 3.05) is 19.8 Å². The molecular formula is C8H14F3NO4. The van der Waals surface area contributed by atoms with Gasteiger partial charge in [0.25, 0.3) is 0 Å². The minimum atomic E-state index is -5.08. The second kappa shape index (κ2) is 9.10. The first-order chi connectivity index (χ1) is 7.21. The third-order valence-corrected chi connectivity index (χ3v) is 1.10. The summed E-state index contributed by atoms with van der Waals surface area (Å²) in [6.07, 6.45) is -4.58. The summed E-state index contributed by atoms with van der Waals surface area (Å²) in [5.74, 6) is -2.60. The number of halogens is 3. The lowest BCUT2D eigenvalue weighted by atomic mass is 10.3. The van der Waals surface area contributed by atoms with Crippen molar-refractivity contribution in [1.29, 1.82) is 0 Å². The van der Waals surface area contributed by atoms with E-state index < -0.39 is 12.1 Å². The van der Waals surface area contributed by atoms with Gasteiger partial charge in [0.2, 0.25) is 0 Å². The predicted octanol–water partition coefficient (Wildman–Crippen LogP) is 0.574. The predicted molar refractivity (Wildman–Crippen MR) is 48.9 cm³/mol. The molecular weight excluding hydrogens is 231 g/mol. The molecule has 16 heavy (non-hydrogen) atoms. The van der Waals surface area contributed by atoms with Gasteiger partial charge in [0.1, 0.15) is 5.78 Å². The van der Waals surface area contributed by atoms with Crippen LogP contribution < -0.4 is 5.73 Å². The van der Waals surface area contributed by atoms with Crippen molar-refractivity contribution in [2.24, 2.45) is 5.73 Å². The van der Waals surface area contributed by atoms with Crippen LogP contribution in [0, 0.1) is 0 Å². The molecule has 0 aromatic heterocycles. The van der Waals surface area contributed by atoms with Crippen molar-refractivity contribution >= 4 is 11.8 Å². The molecule has 0 aliphatic carbocycles. The largest absolute Gasteiger partial charge is 0.490 e. The first-order valence-corrected chi connectivity index (χ1v) is 4.29. The molecule has 0 bridgehead atoms. The highest BCUT2D eigenvalue weighted by atomic mass is 19.4. The maximum absolute atomic E-state index is 10.6. The molecule has 0 radical (unpaired) electrons. The average molecular weight is 245 g/mol. The molecule has 0 unspecified atom stereocenters. The smallest absolute Gasteiger partial charge is 0.475 e. The standard InChI is InChI=1S/C6H13NO2.C2HF3O2/c1-6(8)2-4-9-5-3-7;3-2(4,5)1(6)7/h2-5,7H2,1H3;(H,6,7). The van der Waals surface area contributed by atoms with E-state index in [1.165, 1.54) is 0 Å². The van der Waals surface area contributed by atoms with Gasteiger partial charge in [-0.1, -0.05) is 0 Å². The number of carbonyl (C=O) groups is 2. The lowest BCUT2D eigenvalue weighted by molar-refractivity contribution is -0.192. The Morgan fingerprint density at radius 3 is 2.00 bits per heavy atom. The van der Waals surface area contributed by atoms with Crippen molar-refractivity contribution in [2.45, 2.75) is 19.5 Å². The number of alkyl halides is 3. The molecule has 0 amide bonds. The maximum atomic E-state index is 10.6. The molecule has 0 aliphatic rings. The fraction of sp³-hybridized carbons (Fsp3) is 0.750. The molecule has 0 saturated carbocycles. The molecule has 96 valence electrons. The van der Waals surface area contributed by atoms with Gasteiger partial charge in [-0.25, -0.2) is 4.79 Å². The molecule has 0 aromatic rings. The van der Waals surface area contributed by atoms with Gasteiger partial charge >= 0.3 is 12.1 Å². The number of carbonyl (C=O) groups excluding carboxylic acids is 1. The van der Waals surface area contributed by atoms with Crippen LogP contribution in [0.25, 0.3) is 0 Å². The summed E-state index contributed by atoms with van der Waals surface area (Å²) >= 11 is 0. The molecule has 8 heteroatoms. The molecule has 0 aromatic carbocycles. The Morgan fingerprint density at radius 2 is 1.75 bits per heavy atom. The first kappa shape index (κ1) is 17.3. The lowest BCUT2D eigenvalue weighted by Crippen LogP contribution is -2.21. The Bertz CT molecular complexity index is 218. The van der Waals surface area contributed by atoms with E-state index in [2.05, 4.69) is 0 Å². The van der Waals surface area contributed by atoms with Crippen molar-refractivity contribution in [3.05, 3.63) is 0 Å². The molecule has 0 rings (SSSR count). The Kier molecular flexibility index (Phi) is 9.82. The lowest BCUT2D eigenvalue weighted by Gasteiger charge is -1.97. The van der Waals surface area contributed by atoms with Crippen LogP contribution in [-0.4, -0.2) is 42.8 Å². The summed E-state index contributed by atoms with van der Waals surface area (Å²) in [6.45, 7) is 3.13. The van der Waals surface area contributed by atoms with Crippen LogP contribution in [-0.2, 0) is 14.3 Å². The Labute approximate surface area is 90.4 Å². The highest BCUT2D eigenvalue weighted by Crippen LogP contribution is 2.13. The fourth-order valence-electron chi connectivity index (χ4n) is 0.401. The van der Waals surface area contributed by atoms with Gasteiger partial charge in [-0.15, -0.1) is 0 Å².